The lowest BCUT2D eigenvalue weighted by Gasteiger charge is -2.18. The van der Waals surface area contributed by atoms with E-state index in [0.717, 1.165) is 27.8 Å². The number of aromatic nitrogens is 1. The molecule has 5 heteroatoms. The second kappa shape index (κ2) is 6.72. The first-order valence-electron chi connectivity index (χ1n) is 6.22. The molecule has 1 aromatic heterocycles. The number of hydrogen-bond donors (Lipinski definition) is 1. The minimum atomic E-state index is -0.158. The Morgan fingerprint density at radius 1 is 1.15 bits per heavy atom. The Bertz CT molecular complexity index is 576. The van der Waals surface area contributed by atoms with E-state index in [1.54, 1.807) is 26.6 Å². The van der Waals surface area contributed by atoms with Crippen molar-refractivity contribution in [3.05, 3.63) is 52.3 Å². The maximum absolute atomic E-state index is 6.30. The van der Waals surface area contributed by atoms with Crippen molar-refractivity contribution in [1.82, 2.24) is 4.98 Å². The van der Waals surface area contributed by atoms with E-state index in [0.29, 0.717) is 5.75 Å². The Balaban J connectivity index is 2.30. The number of methoxy groups -OCH3 is 2. The highest BCUT2D eigenvalue weighted by Crippen LogP contribution is 2.39. The summed E-state index contributed by atoms with van der Waals surface area (Å²) in [5, 5.41) is 0. The number of pyridine rings is 1. The highest BCUT2D eigenvalue weighted by molar-refractivity contribution is 9.10. The summed E-state index contributed by atoms with van der Waals surface area (Å²) in [7, 11) is 3.25. The summed E-state index contributed by atoms with van der Waals surface area (Å²) in [4.78, 5) is 4.01. The highest BCUT2D eigenvalue weighted by atomic mass is 79.9. The number of halogens is 1. The second-order valence-corrected chi connectivity index (χ2v) is 5.16. The first-order chi connectivity index (χ1) is 9.67. The van der Waals surface area contributed by atoms with Crippen LogP contribution in [0.2, 0.25) is 0 Å². The second-order valence-electron chi connectivity index (χ2n) is 4.37. The van der Waals surface area contributed by atoms with Crippen LogP contribution in [0.15, 0.2) is 41.1 Å². The summed E-state index contributed by atoms with van der Waals surface area (Å²) in [6, 6.07) is 7.59. The van der Waals surface area contributed by atoms with E-state index in [9.17, 15) is 0 Å². The molecule has 0 fully saturated rings. The minimum absolute atomic E-state index is 0.158. The van der Waals surface area contributed by atoms with Gasteiger partial charge >= 0.3 is 0 Å². The molecule has 0 saturated carbocycles. The van der Waals surface area contributed by atoms with Gasteiger partial charge in [0.25, 0.3) is 0 Å². The zero-order chi connectivity index (χ0) is 14.5. The van der Waals surface area contributed by atoms with E-state index in [1.165, 1.54) is 0 Å². The van der Waals surface area contributed by atoms with E-state index in [-0.39, 0.29) is 6.04 Å². The first-order valence-corrected chi connectivity index (χ1v) is 7.01. The Labute approximate surface area is 127 Å². The molecule has 1 heterocycles. The fourth-order valence-electron chi connectivity index (χ4n) is 2.09. The van der Waals surface area contributed by atoms with Gasteiger partial charge in [-0.2, -0.15) is 0 Å². The quantitative estimate of drug-likeness (QED) is 0.911. The van der Waals surface area contributed by atoms with E-state index >= 15 is 0 Å². The fraction of sp³-hybridized carbons (Fsp3) is 0.267. The number of benzene rings is 1. The average molecular weight is 337 g/mol. The van der Waals surface area contributed by atoms with Crippen LogP contribution in [-0.4, -0.2) is 19.2 Å². The van der Waals surface area contributed by atoms with E-state index < -0.39 is 0 Å². The molecule has 0 spiro atoms. The zero-order valence-electron chi connectivity index (χ0n) is 11.5. The highest BCUT2D eigenvalue weighted by Gasteiger charge is 2.18. The number of rotatable bonds is 5. The van der Waals surface area contributed by atoms with E-state index in [4.69, 9.17) is 15.2 Å². The molecule has 0 aliphatic heterocycles. The minimum Gasteiger partial charge on any atom is -0.495 e. The lowest BCUT2D eigenvalue weighted by molar-refractivity contribution is 0.383. The molecular formula is C15H17BrN2O2. The van der Waals surface area contributed by atoms with Gasteiger partial charge in [0, 0.05) is 24.0 Å². The Morgan fingerprint density at radius 3 is 2.45 bits per heavy atom. The molecule has 0 aliphatic carbocycles. The van der Waals surface area contributed by atoms with Gasteiger partial charge in [-0.3, -0.25) is 4.98 Å². The lowest BCUT2D eigenvalue weighted by Crippen LogP contribution is -2.15. The van der Waals surface area contributed by atoms with Crippen LogP contribution < -0.4 is 15.2 Å². The van der Waals surface area contributed by atoms with Crippen molar-refractivity contribution >= 4 is 15.9 Å². The first kappa shape index (κ1) is 14.8. The summed E-state index contributed by atoms with van der Waals surface area (Å²) in [6.07, 6.45) is 4.25. The van der Waals surface area contributed by atoms with Crippen LogP contribution in [0.3, 0.4) is 0 Å². The molecule has 2 N–H and O–H groups in total. The Hall–Kier alpha value is -1.59. The van der Waals surface area contributed by atoms with Gasteiger partial charge in [0.2, 0.25) is 0 Å². The zero-order valence-corrected chi connectivity index (χ0v) is 13.1. The Kier molecular flexibility index (Phi) is 4.98. The number of nitrogens with two attached hydrogens (primary N) is 1. The molecule has 0 bridgehead atoms. The fourth-order valence-corrected chi connectivity index (χ4v) is 2.78. The topological polar surface area (TPSA) is 57.4 Å². The van der Waals surface area contributed by atoms with Crippen LogP contribution in [0.4, 0.5) is 0 Å². The third-order valence-electron chi connectivity index (χ3n) is 3.12. The van der Waals surface area contributed by atoms with Crippen LogP contribution in [0.1, 0.15) is 17.2 Å². The van der Waals surface area contributed by atoms with Gasteiger partial charge < -0.3 is 15.2 Å². The largest absolute Gasteiger partial charge is 0.495 e. The van der Waals surface area contributed by atoms with Crippen LogP contribution in [0.25, 0.3) is 0 Å². The van der Waals surface area contributed by atoms with Gasteiger partial charge in [0.1, 0.15) is 16.0 Å². The van der Waals surface area contributed by atoms with Crippen molar-refractivity contribution in [1.29, 1.82) is 0 Å². The predicted molar refractivity (Wildman–Crippen MR) is 82.1 cm³/mol. The maximum atomic E-state index is 6.30. The van der Waals surface area contributed by atoms with Crippen molar-refractivity contribution in [3.63, 3.8) is 0 Å². The standard InChI is InChI=1S/C15H17BrN2O2/c1-19-13-4-3-11(15(20-2)14(13)16)12(17)9-10-5-7-18-8-6-10/h3-8,12H,9,17H2,1-2H3. The van der Waals surface area contributed by atoms with E-state index in [2.05, 4.69) is 20.9 Å². The Morgan fingerprint density at radius 2 is 1.85 bits per heavy atom. The molecule has 4 nitrogen and oxygen atoms in total. The third kappa shape index (κ3) is 3.11. The molecule has 1 atom stereocenters. The van der Waals surface area contributed by atoms with Crippen molar-refractivity contribution in [2.24, 2.45) is 5.73 Å². The molecule has 106 valence electrons. The van der Waals surface area contributed by atoms with E-state index in [1.807, 2.05) is 24.3 Å². The van der Waals surface area contributed by atoms with Crippen LogP contribution >= 0.6 is 15.9 Å². The molecule has 1 unspecified atom stereocenters. The van der Waals surface area contributed by atoms with Crippen LogP contribution in [-0.2, 0) is 6.42 Å². The van der Waals surface area contributed by atoms with Gasteiger partial charge in [-0.25, -0.2) is 0 Å². The maximum Gasteiger partial charge on any atom is 0.141 e. The molecule has 0 saturated heterocycles. The summed E-state index contributed by atoms with van der Waals surface area (Å²) in [5.41, 5.74) is 8.38. The monoisotopic (exact) mass is 336 g/mol. The van der Waals surface area contributed by atoms with Gasteiger partial charge in [-0.1, -0.05) is 0 Å². The van der Waals surface area contributed by atoms with Gasteiger partial charge in [-0.15, -0.1) is 0 Å². The van der Waals surface area contributed by atoms with Crippen LogP contribution in [0.5, 0.6) is 11.5 Å². The number of nitrogens with zero attached hydrogens (tertiary/aromatic N) is 1. The van der Waals surface area contributed by atoms with Crippen molar-refractivity contribution in [2.75, 3.05) is 14.2 Å². The molecule has 1 aromatic carbocycles. The van der Waals surface area contributed by atoms with Gasteiger partial charge in [0.15, 0.2) is 0 Å². The van der Waals surface area contributed by atoms with Gasteiger partial charge in [0.05, 0.1) is 14.2 Å². The summed E-state index contributed by atoms with van der Waals surface area (Å²) in [6.45, 7) is 0. The summed E-state index contributed by atoms with van der Waals surface area (Å²) >= 11 is 3.49. The number of hydrogen-bond acceptors (Lipinski definition) is 4. The molecule has 2 aromatic rings. The molecule has 0 aliphatic rings. The normalized spacial score (nSPS) is 12.0. The molecule has 0 amide bonds. The van der Waals surface area contributed by atoms with Crippen molar-refractivity contribution < 1.29 is 9.47 Å². The summed E-state index contributed by atoms with van der Waals surface area (Å²) < 4.78 is 11.5. The molecule has 20 heavy (non-hydrogen) atoms. The molecule has 0 radical (unpaired) electrons. The van der Waals surface area contributed by atoms with Crippen LogP contribution in [0, 0.1) is 0 Å². The van der Waals surface area contributed by atoms with Gasteiger partial charge in [-0.05, 0) is 52.2 Å². The average Bonchev–Trinajstić information content (AvgIpc) is 2.47. The summed E-state index contributed by atoms with van der Waals surface area (Å²) in [5.74, 6) is 1.44. The SMILES string of the molecule is COc1ccc(C(N)Cc2ccncc2)c(OC)c1Br. The number of ether oxygens (including phenoxy) is 2. The van der Waals surface area contributed by atoms with Crippen molar-refractivity contribution in [2.45, 2.75) is 12.5 Å². The molecule has 2 rings (SSSR count). The van der Waals surface area contributed by atoms with Crippen molar-refractivity contribution in [3.8, 4) is 11.5 Å². The third-order valence-corrected chi connectivity index (χ3v) is 3.87. The molecular weight excluding hydrogens is 320 g/mol. The lowest BCUT2D eigenvalue weighted by atomic mass is 9.99. The smallest absolute Gasteiger partial charge is 0.141 e. The predicted octanol–water partition coefficient (Wildman–Crippen LogP) is 3.10.